The predicted octanol–water partition coefficient (Wildman–Crippen LogP) is 3.98. The molecule has 5 heteroatoms. The average Bonchev–Trinajstić information content (AvgIpc) is 2.58. The minimum absolute atomic E-state index is 0.0250. The molecule has 0 saturated carbocycles. The maximum atomic E-state index is 10.8. The molecule has 23 heavy (non-hydrogen) atoms. The fourth-order valence-electron chi connectivity index (χ4n) is 2.11. The number of aromatic nitrogens is 2. The molecular formula is C18H14N2O2S. The highest BCUT2D eigenvalue weighted by atomic mass is 32.2. The summed E-state index contributed by atoms with van der Waals surface area (Å²) in [5, 5.41) is 10.4. The SMILES string of the molecule is O=C(O)CSc1nc(C=Cc2ccccc2)nc2ccccc12. The van der Waals surface area contributed by atoms with Gasteiger partial charge in [-0.2, -0.15) is 0 Å². The summed E-state index contributed by atoms with van der Waals surface area (Å²) in [7, 11) is 0. The second-order valence-electron chi connectivity index (χ2n) is 4.83. The lowest BCUT2D eigenvalue weighted by Crippen LogP contribution is -2.00. The summed E-state index contributed by atoms with van der Waals surface area (Å²) in [5.41, 5.74) is 1.87. The first kappa shape index (κ1) is 15.2. The number of benzene rings is 2. The van der Waals surface area contributed by atoms with Gasteiger partial charge in [0.25, 0.3) is 0 Å². The first-order valence-corrected chi connectivity index (χ1v) is 8.05. The van der Waals surface area contributed by atoms with Crippen LogP contribution in [0.25, 0.3) is 23.1 Å². The molecular weight excluding hydrogens is 308 g/mol. The maximum Gasteiger partial charge on any atom is 0.313 e. The van der Waals surface area contributed by atoms with Gasteiger partial charge in [-0.05, 0) is 17.7 Å². The Morgan fingerprint density at radius 1 is 1.00 bits per heavy atom. The Balaban J connectivity index is 1.97. The third kappa shape index (κ3) is 3.96. The van der Waals surface area contributed by atoms with Crippen molar-refractivity contribution in [2.24, 2.45) is 0 Å². The molecule has 4 nitrogen and oxygen atoms in total. The Morgan fingerprint density at radius 2 is 1.74 bits per heavy atom. The van der Waals surface area contributed by atoms with E-state index in [0.29, 0.717) is 10.9 Å². The fraction of sp³-hybridized carbons (Fsp3) is 0.0556. The Labute approximate surface area is 137 Å². The number of rotatable bonds is 5. The van der Waals surface area contributed by atoms with Crippen LogP contribution in [-0.2, 0) is 4.79 Å². The zero-order chi connectivity index (χ0) is 16.1. The number of carboxylic acids is 1. The summed E-state index contributed by atoms with van der Waals surface area (Å²) in [6, 6.07) is 17.5. The molecule has 0 unspecified atom stereocenters. The van der Waals surface area contributed by atoms with E-state index >= 15 is 0 Å². The van der Waals surface area contributed by atoms with E-state index in [-0.39, 0.29) is 5.75 Å². The van der Waals surface area contributed by atoms with Crippen molar-refractivity contribution >= 4 is 40.8 Å². The molecule has 0 bridgehead atoms. The third-order valence-corrected chi connectivity index (χ3v) is 4.12. The quantitative estimate of drug-likeness (QED) is 0.569. The number of carboxylic acid groups (broad SMARTS) is 1. The molecule has 1 heterocycles. The van der Waals surface area contributed by atoms with Crippen molar-refractivity contribution in [3.63, 3.8) is 0 Å². The molecule has 3 rings (SSSR count). The van der Waals surface area contributed by atoms with Gasteiger partial charge in [0.1, 0.15) is 5.03 Å². The number of aliphatic carboxylic acids is 1. The van der Waals surface area contributed by atoms with E-state index in [1.54, 1.807) is 0 Å². The number of hydrogen-bond acceptors (Lipinski definition) is 4. The average molecular weight is 322 g/mol. The minimum Gasteiger partial charge on any atom is -0.481 e. The van der Waals surface area contributed by atoms with E-state index in [1.807, 2.05) is 66.7 Å². The molecule has 1 aromatic heterocycles. The molecule has 0 amide bonds. The normalized spacial score (nSPS) is 11.1. The molecule has 0 spiro atoms. The summed E-state index contributed by atoms with van der Waals surface area (Å²) in [6.07, 6.45) is 3.78. The van der Waals surface area contributed by atoms with Crippen LogP contribution >= 0.6 is 11.8 Å². The molecule has 0 atom stereocenters. The van der Waals surface area contributed by atoms with Crippen molar-refractivity contribution < 1.29 is 9.90 Å². The van der Waals surface area contributed by atoms with Crippen molar-refractivity contribution in [1.29, 1.82) is 0 Å². The van der Waals surface area contributed by atoms with Crippen LogP contribution in [0, 0.1) is 0 Å². The number of para-hydroxylation sites is 1. The number of thioether (sulfide) groups is 1. The largest absolute Gasteiger partial charge is 0.481 e. The van der Waals surface area contributed by atoms with Gasteiger partial charge in [0.05, 0.1) is 11.3 Å². The fourth-order valence-corrected chi connectivity index (χ4v) is 2.86. The van der Waals surface area contributed by atoms with Crippen molar-refractivity contribution in [2.75, 3.05) is 5.75 Å². The molecule has 0 aliphatic heterocycles. The Bertz CT molecular complexity index is 863. The monoisotopic (exact) mass is 322 g/mol. The summed E-state index contributed by atoms with van der Waals surface area (Å²) >= 11 is 1.21. The zero-order valence-corrected chi connectivity index (χ0v) is 13.0. The Hall–Kier alpha value is -2.66. The van der Waals surface area contributed by atoms with Crippen molar-refractivity contribution in [1.82, 2.24) is 9.97 Å². The Morgan fingerprint density at radius 3 is 2.52 bits per heavy atom. The Kier molecular flexibility index (Phi) is 4.68. The van der Waals surface area contributed by atoms with Gasteiger partial charge in [0, 0.05) is 5.39 Å². The number of fused-ring (bicyclic) bond motifs is 1. The summed E-state index contributed by atoms with van der Waals surface area (Å²) in [6.45, 7) is 0. The zero-order valence-electron chi connectivity index (χ0n) is 12.2. The van der Waals surface area contributed by atoms with Gasteiger partial charge in [-0.25, -0.2) is 9.97 Å². The van der Waals surface area contributed by atoms with Crippen molar-refractivity contribution in [2.45, 2.75) is 5.03 Å². The highest BCUT2D eigenvalue weighted by molar-refractivity contribution is 8.00. The van der Waals surface area contributed by atoms with Crippen molar-refractivity contribution in [3.05, 3.63) is 66.0 Å². The molecule has 1 N–H and O–H groups in total. The number of nitrogens with zero attached hydrogens (tertiary/aromatic N) is 2. The van der Waals surface area contributed by atoms with E-state index in [0.717, 1.165) is 16.5 Å². The molecule has 0 aliphatic rings. The maximum absolute atomic E-state index is 10.8. The summed E-state index contributed by atoms with van der Waals surface area (Å²) in [4.78, 5) is 19.8. The molecule has 114 valence electrons. The van der Waals surface area contributed by atoms with E-state index in [9.17, 15) is 4.79 Å². The lowest BCUT2D eigenvalue weighted by molar-refractivity contribution is -0.133. The van der Waals surface area contributed by atoms with Crippen molar-refractivity contribution in [3.8, 4) is 0 Å². The number of carbonyl (C=O) groups is 1. The van der Waals surface area contributed by atoms with Gasteiger partial charge in [0.2, 0.25) is 0 Å². The van der Waals surface area contributed by atoms with Crippen LogP contribution in [-0.4, -0.2) is 26.8 Å². The van der Waals surface area contributed by atoms with Gasteiger partial charge in [-0.15, -0.1) is 0 Å². The first-order valence-electron chi connectivity index (χ1n) is 7.07. The topological polar surface area (TPSA) is 63.1 Å². The second kappa shape index (κ2) is 7.07. The van der Waals surface area contributed by atoms with Crippen LogP contribution in [0.3, 0.4) is 0 Å². The van der Waals surface area contributed by atoms with E-state index in [1.165, 1.54) is 11.8 Å². The van der Waals surface area contributed by atoms with E-state index in [2.05, 4.69) is 9.97 Å². The van der Waals surface area contributed by atoms with Crippen LogP contribution in [0.15, 0.2) is 59.6 Å². The highest BCUT2D eigenvalue weighted by Gasteiger charge is 2.08. The standard InChI is InChI=1S/C18H14N2O2S/c21-17(22)12-23-18-14-8-4-5-9-15(14)19-16(20-18)11-10-13-6-2-1-3-7-13/h1-11H,12H2,(H,21,22). The summed E-state index contributed by atoms with van der Waals surface area (Å²) < 4.78 is 0. The molecule has 2 aromatic carbocycles. The third-order valence-electron chi connectivity index (χ3n) is 3.14. The van der Waals surface area contributed by atoms with Crippen LogP contribution in [0.1, 0.15) is 11.4 Å². The molecule has 3 aromatic rings. The van der Waals surface area contributed by atoms with Gasteiger partial charge < -0.3 is 5.11 Å². The second-order valence-corrected chi connectivity index (χ2v) is 5.79. The van der Waals surface area contributed by atoms with Crippen LogP contribution in [0.4, 0.5) is 0 Å². The van der Waals surface area contributed by atoms with Crippen LogP contribution < -0.4 is 0 Å². The molecule has 0 saturated heterocycles. The van der Waals surface area contributed by atoms with Gasteiger partial charge >= 0.3 is 5.97 Å². The van der Waals surface area contributed by atoms with Gasteiger partial charge in [0.15, 0.2) is 5.82 Å². The lowest BCUT2D eigenvalue weighted by Gasteiger charge is -2.05. The summed E-state index contributed by atoms with van der Waals surface area (Å²) in [5.74, 6) is -0.317. The number of hydrogen-bond donors (Lipinski definition) is 1. The molecule has 0 fully saturated rings. The highest BCUT2D eigenvalue weighted by Crippen LogP contribution is 2.25. The predicted molar refractivity (Wildman–Crippen MR) is 93.3 cm³/mol. The van der Waals surface area contributed by atoms with E-state index < -0.39 is 5.97 Å². The minimum atomic E-state index is -0.862. The lowest BCUT2D eigenvalue weighted by atomic mass is 10.2. The van der Waals surface area contributed by atoms with E-state index in [4.69, 9.17) is 5.11 Å². The molecule has 0 aliphatic carbocycles. The first-order chi connectivity index (χ1) is 11.2. The van der Waals surface area contributed by atoms with Crippen LogP contribution in [0.2, 0.25) is 0 Å². The smallest absolute Gasteiger partial charge is 0.313 e. The van der Waals surface area contributed by atoms with Gasteiger partial charge in [-0.1, -0.05) is 66.4 Å². The van der Waals surface area contributed by atoms with Gasteiger partial charge in [-0.3, -0.25) is 4.79 Å². The molecule has 0 radical (unpaired) electrons. The van der Waals surface area contributed by atoms with Crippen LogP contribution in [0.5, 0.6) is 0 Å².